The maximum absolute atomic E-state index is 11.2. The third kappa shape index (κ3) is 2.22. The lowest BCUT2D eigenvalue weighted by Gasteiger charge is -2.05. The molecular weight excluding hydrogens is 226 g/mol. The number of non-ortho nitro benzene ring substituents is 1. The highest BCUT2D eigenvalue weighted by molar-refractivity contribution is 6.00. The van der Waals surface area contributed by atoms with E-state index in [1.807, 2.05) is 0 Å². The van der Waals surface area contributed by atoms with Crippen molar-refractivity contribution in [3.8, 4) is 0 Å². The molecule has 1 aliphatic heterocycles. The van der Waals surface area contributed by atoms with Crippen LogP contribution in [0, 0.1) is 10.1 Å². The van der Waals surface area contributed by atoms with E-state index in [1.165, 1.54) is 30.1 Å². The van der Waals surface area contributed by atoms with Gasteiger partial charge in [0.2, 0.25) is 0 Å². The molecule has 1 heterocycles. The molecule has 0 radical (unpaired) electrons. The number of carbonyl (C=O) groups is 1. The molecule has 2 rings (SSSR count). The summed E-state index contributed by atoms with van der Waals surface area (Å²) in [6.07, 6.45) is 0. The monoisotopic (exact) mass is 235 g/mol. The van der Waals surface area contributed by atoms with E-state index < -0.39 is 4.92 Å². The number of rotatable bonds is 2. The summed E-state index contributed by atoms with van der Waals surface area (Å²) < 4.78 is 5.04. The predicted molar refractivity (Wildman–Crippen MR) is 58.9 cm³/mol. The number of nitrogens with zero attached hydrogens (tertiary/aromatic N) is 3. The number of benzene rings is 1. The average Bonchev–Trinajstić information content (AvgIpc) is 2.61. The summed E-state index contributed by atoms with van der Waals surface area (Å²) in [5.41, 5.74) is 0.314. The molecule has 7 heteroatoms. The van der Waals surface area contributed by atoms with Crippen molar-refractivity contribution in [2.24, 2.45) is 4.99 Å². The molecule has 0 aromatic heterocycles. The third-order valence-corrected chi connectivity index (χ3v) is 2.25. The zero-order valence-electron chi connectivity index (χ0n) is 8.99. The SMILES string of the molecule is CN1C(=O)COC1=Nc1cccc([N+](=O)[O-])c1. The Kier molecular flexibility index (Phi) is 2.73. The highest BCUT2D eigenvalue weighted by Gasteiger charge is 2.25. The van der Waals surface area contributed by atoms with Crippen LogP contribution in [0.1, 0.15) is 0 Å². The van der Waals surface area contributed by atoms with E-state index in [-0.39, 0.29) is 24.2 Å². The number of amidine groups is 1. The van der Waals surface area contributed by atoms with Gasteiger partial charge in [0.1, 0.15) is 0 Å². The van der Waals surface area contributed by atoms with E-state index in [0.29, 0.717) is 5.69 Å². The van der Waals surface area contributed by atoms with E-state index in [2.05, 4.69) is 4.99 Å². The van der Waals surface area contributed by atoms with Crippen LogP contribution >= 0.6 is 0 Å². The summed E-state index contributed by atoms with van der Waals surface area (Å²) in [5.74, 6) is -0.200. The number of amides is 1. The van der Waals surface area contributed by atoms with Crippen LogP contribution in [0.25, 0.3) is 0 Å². The van der Waals surface area contributed by atoms with E-state index in [1.54, 1.807) is 6.07 Å². The smallest absolute Gasteiger partial charge is 0.299 e. The van der Waals surface area contributed by atoms with Crippen LogP contribution in [0.5, 0.6) is 0 Å². The minimum Gasteiger partial charge on any atom is -0.454 e. The van der Waals surface area contributed by atoms with Crippen molar-refractivity contribution < 1.29 is 14.5 Å². The Balaban J connectivity index is 2.30. The van der Waals surface area contributed by atoms with Gasteiger partial charge in [0.25, 0.3) is 17.6 Å². The van der Waals surface area contributed by atoms with Gasteiger partial charge in [0.15, 0.2) is 6.61 Å². The molecule has 0 spiro atoms. The highest BCUT2D eigenvalue weighted by atomic mass is 16.6. The fourth-order valence-corrected chi connectivity index (χ4v) is 1.32. The number of hydrogen-bond donors (Lipinski definition) is 0. The molecule has 7 nitrogen and oxygen atoms in total. The molecule has 0 N–H and O–H groups in total. The van der Waals surface area contributed by atoms with E-state index in [9.17, 15) is 14.9 Å². The fraction of sp³-hybridized carbons (Fsp3) is 0.200. The third-order valence-electron chi connectivity index (χ3n) is 2.25. The van der Waals surface area contributed by atoms with Crippen LogP contribution < -0.4 is 0 Å². The zero-order valence-corrected chi connectivity index (χ0v) is 8.99. The molecule has 88 valence electrons. The number of nitro benzene ring substituents is 1. The summed E-state index contributed by atoms with van der Waals surface area (Å²) in [6, 6.07) is 5.95. The lowest BCUT2D eigenvalue weighted by molar-refractivity contribution is -0.384. The largest absolute Gasteiger partial charge is 0.454 e. The van der Waals surface area contributed by atoms with Gasteiger partial charge in [0.05, 0.1) is 10.6 Å². The van der Waals surface area contributed by atoms with Crippen LogP contribution in [-0.4, -0.2) is 35.4 Å². The van der Waals surface area contributed by atoms with E-state index >= 15 is 0 Å². The molecule has 1 saturated heterocycles. The fourth-order valence-electron chi connectivity index (χ4n) is 1.32. The lowest BCUT2D eigenvalue weighted by atomic mass is 10.3. The van der Waals surface area contributed by atoms with Gasteiger partial charge >= 0.3 is 0 Å². The van der Waals surface area contributed by atoms with Crippen LogP contribution in [0.2, 0.25) is 0 Å². The van der Waals surface area contributed by atoms with Gasteiger partial charge in [-0.15, -0.1) is 0 Å². The number of ether oxygens (including phenoxy) is 1. The zero-order chi connectivity index (χ0) is 12.4. The predicted octanol–water partition coefficient (Wildman–Crippen LogP) is 1.07. The summed E-state index contributed by atoms with van der Waals surface area (Å²) in [6.45, 7) is -0.0513. The number of hydrogen-bond acceptors (Lipinski definition) is 5. The van der Waals surface area contributed by atoms with Gasteiger partial charge < -0.3 is 4.74 Å². The summed E-state index contributed by atoms with van der Waals surface area (Å²) in [7, 11) is 1.53. The molecule has 0 bridgehead atoms. The van der Waals surface area contributed by atoms with Gasteiger partial charge in [-0.1, -0.05) is 6.07 Å². The molecule has 17 heavy (non-hydrogen) atoms. The van der Waals surface area contributed by atoms with Crippen LogP contribution in [0.3, 0.4) is 0 Å². The van der Waals surface area contributed by atoms with E-state index in [0.717, 1.165) is 0 Å². The van der Waals surface area contributed by atoms with Crippen LogP contribution in [0.15, 0.2) is 29.3 Å². The molecule has 0 aliphatic carbocycles. The first-order valence-corrected chi connectivity index (χ1v) is 4.80. The van der Waals surface area contributed by atoms with Gasteiger partial charge in [-0.05, 0) is 6.07 Å². The van der Waals surface area contributed by atoms with Gasteiger partial charge in [-0.3, -0.25) is 19.8 Å². The summed E-state index contributed by atoms with van der Waals surface area (Å²) >= 11 is 0. The van der Waals surface area contributed by atoms with Crippen molar-refractivity contribution in [2.75, 3.05) is 13.7 Å². The maximum atomic E-state index is 11.2. The van der Waals surface area contributed by atoms with E-state index in [4.69, 9.17) is 4.74 Å². The molecule has 1 aliphatic rings. The molecule has 1 fully saturated rings. The Hall–Kier alpha value is -2.44. The minimum atomic E-state index is -0.506. The van der Waals surface area contributed by atoms with Crippen molar-refractivity contribution in [2.45, 2.75) is 0 Å². The molecule has 1 aromatic rings. The standard InChI is InChI=1S/C10H9N3O4/c1-12-9(14)6-17-10(12)11-7-3-2-4-8(5-7)13(15)16/h2-5H,6H2,1H3. The van der Waals surface area contributed by atoms with Crippen LogP contribution in [0.4, 0.5) is 11.4 Å². The first-order valence-electron chi connectivity index (χ1n) is 4.80. The maximum Gasteiger partial charge on any atom is 0.299 e. The number of nitro groups is 1. The Bertz CT molecular complexity index is 512. The second kappa shape index (κ2) is 4.20. The quantitative estimate of drug-likeness (QED) is 0.566. The average molecular weight is 235 g/mol. The Morgan fingerprint density at radius 1 is 1.53 bits per heavy atom. The lowest BCUT2D eigenvalue weighted by Crippen LogP contribution is -2.24. The Labute approximate surface area is 96.5 Å². The molecule has 1 aromatic carbocycles. The second-order valence-corrected chi connectivity index (χ2v) is 3.41. The number of aliphatic imine (C=N–C) groups is 1. The first kappa shape index (κ1) is 11.1. The van der Waals surface area contributed by atoms with Crippen molar-refractivity contribution >= 4 is 23.3 Å². The van der Waals surface area contributed by atoms with Gasteiger partial charge in [-0.25, -0.2) is 0 Å². The second-order valence-electron chi connectivity index (χ2n) is 3.41. The molecule has 0 saturated carbocycles. The van der Waals surface area contributed by atoms with Crippen molar-refractivity contribution in [3.05, 3.63) is 34.4 Å². The topological polar surface area (TPSA) is 85.0 Å². The normalized spacial score (nSPS) is 17.4. The first-order chi connectivity index (χ1) is 8.08. The summed E-state index contributed by atoms with van der Waals surface area (Å²) in [4.78, 5) is 26.5. The van der Waals surface area contributed by atoms with Crippen molar-refractivity contribution in [3.63, 3.8) is 0 Å². The van der Waals surface area contributed by atoms with Crippen molar-refractivity contribution in [1.82, 2.24) is 4.90 Å². The number of carbonyl (C=O) groups excluding carboxylic acids is 1. The molecule has 1 amide bonds. The molecule has 0 atom stereocenters. The molecule has 0 unspecified atom stereocenters. The molecular formula is C10H9N3O4. The number of likely N-dealkylation sites (N-methyl/N-ethyl adjacent to an activating group) is 1. The Morgan fingerprint density at radius 3 is 2.88 bits per heavy atom. The highest BCUT2D eigenvalue weighted by Crippen LogP contribution is 2.21. The van der Waals surface area contributed by atoms with Crippen molar-refractivity contribution in [1.29, 1.82) is 0 Å². The summed E-state index contributed by atoms with van der Waals surface area (Å²) in [5, 5.41) is 10.6. The van der Waals surface area contributed by atoms with Gasteiger partial charge in [0, 0.05) is 19.2 Å². The van der Waals surface area contributed by atoms with Crippen LogP contribution in [-0.2, 0) is 9.53 Å². The Morgan fingerprint density at radius 2 is 2.29 bits per heavy atom. The van der Waals surface area contributed by atoms with Gasteiger partial charge in [-0.2, -0.15) is 4.99 Å². The minimum absolute atomic E-state index is 0.0513.